The van der Waals surface area contributed by atoms with Gasteiger partial charge in [0.15, 0.2) is 0 Å². The van der Waals surface area contributed by atoms with Crippen LogP contribution in [0.5, 0.6) is 5.75 Å². The van der Waals surface area contributed by atoms with Crippen molar-refractivity contribution >= 4 is 23.4 Å². The van der Waals surface area contributed by atoms with Gasteiger partial charge in [0, 0.05) is 50.5 Å². The Labute approximate surface area is 219 Å². The summed E-state index contributed by atoms with van der Waals surface area (Å²) in [6, 6.07) is 17.1. The molecule has 0 spiro atoms. The molecule has 2 atom stereocenters. The number of nitrogens with zero attached hydrogens (tertiary/aromatic N) is 2. The lowest BCUT2D eigenvalue weighted by Crippen LogP contribution is -2.51. The summed E-state index contributed by atoms with van der Waals surface area (Å²) in [5, 5.41) is 11.6. The molecule has 4 rings (SSSR count). The summed E-state index contributed by atoms with van der Waals surface area (Å²) in [7, 11) is 1.81. The van der Waals surface area contributed by atoms with Crippen molar-refractivity contribution in [3.05, 3.63) is 65.2 Å². The number of piperidine rings is 1. The van der Waals surface area contributed by atoms with Gasteiger partial charge in [-0.3, -0.25) is 9.59 Å². The fourth-order valence-electron chi connectivity index (χ4n) is 5.38. The predicted octanol–water partition coefficient (Wildman–Crippen LogP) is 5.07. The number of amides is 2. The molecule has 2 amide bonds. The Bertz CT molecular complexity index is 1010. The first-order chi connectivity index (χ1) is 17.3. The van der Waals surface area contributed by atoms with Crippen LogP contribution in [-0.4, -0.2) is 58.6 Å². The molecule has 1 heterocycles. The second kappa shape index (κ2) is 12.1. The van der Waals surface area contributed by atoms with Gasteiger partial charge in [-0.15, -0.1) is 0 Å². The van der Waals surface area contributed by atoms with Gasteiger partial charge in [-0.2, -0.15) is 0 Å². The topological polar surface area (TPSA) is 70.1 Å². The quantitative estimate of drug-likeness (QED) is 0.536. The molecule has 7 heteroatoms. The number of hydrogen-bond donors (Lipinski definition) is 1. The molecule has 0 bridgehead atoms. The Balaban J connectivity index is 1.43. The van der Waals surface area contributed by atoms with Gasteiger partial charge in [-0.1, -0.05) is 61.2 Å². The highest BCUT2D eigenvalue weighted by molar-refractivity contribution is 6.30. The van der Waals surface area contributed by atoms with Crippen molar-refractivity contribution in [3.63, 3.8) is 0 Å². The number of rotatable bonds is 8. The fraction of sp³-hybridized carbons (Fsp3) is 0.517. The predicted molar refractivity (Wildman–Crippen MR) is 141 cm³/mol. The van der Waals surface area contributed by atoms with Crippen LogP contribution >= 0.6 is 11.6 Å². The summed E-state index contributed by atoms with van der Waals surface area (Å²) >= 11 is 6.03. The summed E-state index contributed by atoms with van der Waals surface area (Å²) in [6.07, 6.45) is 5.29. The van der Waals surface area contributed by atoms with Crippen LogP contribution in [0, 0.1) is 5.92 Å². The molecular formula is C29H37ClN2O4. The third-order valence-electron chi connectivity index (χ3n) is 7.51. The van der Waals surface area contributed by atoms with Crippen molar-refractivity contribution in [3.8, 4) is 5.75 Å². The highest BCUT2D eigenvalue weighted by Gasteiger charge is 2.38. The van der Waals surface area contributed by atoms with E-state index in [1.165, 1.54) is 0 Å². The zero-order valence-electron chi connectivity index (χ0n) is 21.1. The first-order valence-corrected chi connectivity index (χ1v) is 13.4. The van der Waals surface area contributed by atoms with E-state index in [0.717, 1.165) is 24.8 Å². The number of halogens is 1. The second-order valence-electron chi connectivity index (χ2n) is 10.4. The standard InChI is InChI=1S/C29H37ClN2O4/c1-31(20-22-8-4-2-5-9-22)27(33)18-23-21-32(28(34)19-29(35)15-6-3-7-16-29)17-14-26(23)36-25-12-10-24(30)11-13-25/h2,4-5,8-13,23,26,35H,3,6-7,14-21H2,1H3/t23-,26-/m0/s1. The van der Waals surface area contributed by atoms with Gasteiger partial charge >= 0.3 is 0 Å². The van der Waals surface area contributed by atoms with Crippen molar-refractivity contribution in [2.75, 3.05) is 20.1 Å². The maximum atomic E-state index is 13.2. The van der Waals surface area contributed by atoms with E-state index in [9.17, 15) is 14.7 Å². The molecule has 0 aromatic heterocycles. The van der Waals surface area contributed by atoms with Gasteiger partial charge in [0.25, 0.3) is 0 Å². The van der Waals surface area contributed by atoms with Gasteiger partial charge < -0.3 is 19.6 Å². The second-order valence-corrected chi connectivity index (χ2v) is 10.8. The number of likely N-dealkylation sites (tertiary alicyclic amines) is 1. The molecule has 1 saturated carbocycles. The van der Waals surface area contributed by atoms with Gasteiger partial charge in [0.2, 0.25) is 11.8 Å². The first-order valence-electron chi connectivity index (χ1n) is 13.0. The fourth-order valence-corrected chi connectivity index (χ4v) is 5.51. The minimum atomic E-state index is -0.896. The van der Waals surface area contributed by atoms with E-state index in [0.29, 0.717) is 49.7 Å². The third-order valence-corrected chi connectivity index (χ3v) is 7.76. The van der Waals surface area contributed by atoms with Crippen LogP contribution in [0.15, 0.2) is 54.6 Å². The molecule has 6 nitrogen and oxygen atoms in total. The highest BCUT2D eigenvalue weighted by Crippen LogP contribution is 2.33. The van der Waals surface area contributed by atoms with Crippen molar-refractivity contribution < 1.29 is 19.4 Å². The van der Waals surface area contributed by atoms with Gasteiger partial charge in [-0.25, -0.2) is 0 Å². The number of benzene rings is 2. The number of ether oxygens (including phenoxy) is 1. The Kier molecular flexibility index (Phi) is 8.91. The number of carbonyl (C=O) groups is 2. The van der Waals surface area contributed by atoms with Gasteiger partial charge in [0.1, 0.15) is 11.9 Å². The zero-order valence-corrected chi connectivity index (χ0v) is 21.8. The van der Waals surface area contributed by atoms with Crippen molar-refractivity contribution in [1.29, 1.82) is 0 Å². The van der Waals surface area contributed by atoms with Crippen molar-refractivity contribution in [2.24, 2.45) is 5.92 Å². The minimum Gasteiger partial charge on any atom is -0.490 e. The molecule has 36 heavy (non-hydrogen) atoms. The molecule has 2 aromatic carbocycles. The first kappa shape index (κ1) is 26.5. The summed E-state index contributed by atoms with van der Waals surface area (Å²) < 4.78 is 6.30. The number of hydrogen-bond acceptors (Lipinski definition) is 4. The molecule has 0 radical (unpaired) electrons. The molecule has 2 fully saturated rings. The van der Waals surface area contributed by atoms with E-state index in [4.69, 9.17) is 16.3 Å². The summed E-state index contributed by atoms with van der Waals surface area (Å²) in [5.41, 5.74) is 0.177. The maximum Gasteiger partial charge on any atom is 0.225 e. The normalized spacial score (nSPS) is 21.6. The molecule has 2 aromatic rings. The van der Waals surface area contributed by atoms with E-state index in [1.807, 2.05) is 54.4 Å². The smallest absolute Gasteiger partial charge is 0.225 e. The lowest BCUT2D eigenvalue weighted by atomic mass is 9.82. The molecule has 0 unspecified atom stereocenters. The largest absolute Gasteiger partial charge is 0.490 e. The average Bonchev–Trinajstić information content (AvgIpc) is 2.87. The summed E-state index contributed by atoms with van der Waals surface area (Å²) in [6.45, 7) is 1.53. The lowest BCUT2D eigenvalue weighted by Gasteiger charge is -2.40. The van der Waals surface area contributed by atoms with Crippen LogP contribution in [0.2, 0.25) is 5.02 Å². The van der Waals surface area contributed by atoms with Crippen molar-refractivity contribution in [2.45, 2.75) is 69.6 Å². The van der Waals surface area contributed by atoms with Crippen LogP contribution in [0.25, 0.3) is 0 Å². The van der Waals surface area contributed by atoms with Crippen molar-refractivity contribution in [1.82, 2.24) is 9.80 Å². The van der Waals surface area contributed by atoms with E-state index >= 15 is 0 Å². The maximum absolute atomic E-state index is 13.2. The Hall–Kier alpha value is -2.57. The van der Waals surface area contributed by atoms with Gasteiger partial charge in [0.05, 0.1) is 12.0 Å². The summed E-state index contributed by atoms with van der Waals surface area (Å²) in [4.78, 5) is 30.0. The lowest BCUT2D eigenvalue weighted by molar-refractivity contribution is -0.143. The molecule has 1 aliphatic carbocycles. The van der Waals surface area contributed by atoms with E-state index in [-0.39, 0.29) is 36.7 Å². The highest BCUT2D eigenvalue weighted by atomic mass is 35.5. The Morgan fingerprint density at radius 2 is 1.78 bits per heavy atom. The molecule has 1 saturated heterocycles. The zero-order chi connectivity index (χ0) is 25.5. The monoisotopic (exact) mass is 512 g/mol. The van der Waals surface area contributed by atoms with Crippen LogP contribution < -0.4 is 4.74 Å². The van der Waals surface area contributed by atoms with Crippen LogP contribution in [0.4, 0.5) is 0 Å². The average molecular weight is 513 g/mol. The summed E-state index contributed by atoms with van der Waals surface area (Å²) in [5.74, 6) is 0.550. The molecular weight excluding hydrogens is 476 g/mol. The SMILES string of the molecule is CN(Cc1ccccc1)C(=O)C[C@H]1CN(C(=O)CC2(O)CCCCC2)CC[C@@H]1Oc1ccc(Cl)cc1. The van der Waals surface area contributed by atoms with E-state index < -0.39 is 5.60 Å². The van der Waals surface area contributed by atoms with Crippen LogP contribution in [0.1, 0.15) is 56.9 Å². The molecule has 1 aliphatic heterocycles. The van der Waals surface area contributed by atoms with E-state index in [1.54, 1.807) is 17.0 Å². The third kappa shape index (κ3) is 7.23. The van der Waals surface area contributed by atoms with E-state index in [2.05, 4.69) is 0 Å². The Morgan fingerprint density at radius 1 is 1.08 bits per heavy atom. The van der Waals surface area contributed by atoms with Crippen LogP contribution in [0.3, 0.4) is 0 Å². The number of carbonyl (C=O) groups excluding carboxylic acids is 2. The molecule has 2 aliphatic rings. The minimum absolute atomic E-state index is 0.0220. The molecule has 194 valence electrons. The number of aliphatic hydroxyl groups is 1. The molecule has 1 N–H and O–H groups in total. The van der Waals surface area contributed by atoms with Gasteiger partial charge in [-0.05, 0) is 42.7 Å². The van der Waals surface area contributed by atoms with Crippen LogP contribution in [-0.2, 0) is 16.1 Å². The Morgan fingerprint density at radius 3 is 2.47 bits per heavy atom.